The van der Waals surface area contributed by atoms with E-state index in [2.05, 4.69) is 13.8 Å². The molecule has 1 atom stereocenters. The molecule has 84 valence electrons. The van der Waals surface area contributed by atoms with Gasteiger partial charge in [-0.3, -0.25) is 0 Å². The van der Waals surface area contributed by atoms with Gasteiger partial charge in [-0.1, -0.05) is 20.3 Å². The minimum absolute atomic E-state index is 0.341. The van der Waals surface area contributed by atoms with Gasteiger partial charge in [-0.15, -0.1) is 11.6 Å². The van der Waals surface area contributed by atoms with E-state index in [1.54, 1.807) is 0 Å². The highest BCUT2D eigenvalue weighted by Crippen LogP contribution is 2.48. The predicted molar refractivity (Wildman–Crippen MR) is 61.9 cm³/mol. The monoisotopic (exact) mass is 218 g/mol. The van der Waals surface area contributed by atoms with Crippen LogP contribution in [0, 0.1) is 11.3 Å². The fraction of sp³-hybridized carbons (Fsp3) is 1.00. The molecule has 1 unspecified atom stereocenters. The summed E-state index contributed by atoms with van der Waals surface area (Å²) in [4.78, 5) is 0. The van der Waals surface area contributed by atoms with Crippen molar-refractivity contribution in [1.29, 1.82) is 0 Å². The Morgan fingerprint density at radius 2 is 2.07 bits per heavy atom. The number of rotatable bonds is 8. The SMILES string of the molecule is CCCCOCCC(C)(CCl)C1CC1. The van der Waals surface area contributed by atoms with Crippen LogP contribution in [0.15, 0.2) is 0 Å². The smallest absolute Gasteiger partial charge is 0.0471 e. The Morgan fingerprint density at radius 1 is 1.36 bits per heavy atom. The summed E-state index contributed by atoms with van der Waals surface area (Å²) in [6.07, 6.45) is 6.28. The second-order valence-corrected chi connectivity index (χ2v) is 5.05. The molecule has 1 rings (SSSR count). The Hall–Kier alpha value is 0.250. The van der Waals surface area contributed by atoms with Gasteiger partial charge in [-0.2, -0.15) is 0 Å². The third-order valence-corrected chi connectivity index (χ3v) is 3.94. The van der Waals surface area contributed by atoms with Gasteiger partial charge in [0.25, 0.3) is 0 Å². The minimum atomic E-state index is 0.341. The molecule has 1 aliphatic rings. The van der Waals surface area contributed by atoms with E-state index in [0.29, 0.717) is 5.41 Å². The van der Waals surface area contributed by atoms with E-state index >= 15 is 0 Å². The average molecular weight is 219 g/mol. The lowest BCUT2D eigenvalue weighted by Gasteiger charge is -2.26. The largest absolute Gasteiger partial charge is 0.381 e. The number of hydrogen-bond donors (Lipinski definition) is 0. The summed E-state index contributed by atoms with van der Waals surface area (Å²) < 4.78 is 5.59. The molecule has 0 aromatic carbocycles. The van der Waals surface area contributed by atoms with E-state index in [1.165, 1.54) is 25.7 Å². The summed E-state index contributed by atoms with van der Waals surface area (Å²) in [6, 6.07) is 0. The molecule has 1 fully saturated rings. The standard InChI is InChI=1S/C12H23ClO/c1-3-4-8-14-9-7-12(2,10-13)11-5-6-11/h11H,3-10H2,1-2H3. The van der Waals surface area contributed by atoms with Crippen molar-refractivity contribution in [2.75, 3.05) is 19.1 Å². The third-order valence-electron chi connectivity index (χ3n) is 3.33. The Bertz CT molecular complexity index is 156. The van der Waals surface area contributed by atoms with Crippen LogP contribution in [-0.2, 0) is 4.74 Å². The minimum Gasteiger partial charge on any atom is -0.381 e. The topological polar surface area (TPSA) is 9.23 Å². The number of ether oxygens (including phenoxy) is 1. The van der Waals surface area contributed by atoms with Crippen molar-refractivity contribution in [3.63, 3.8) is 0 Å². The molecule has 0 heterocycles. The van der Waals surface area contributed by atoms with Crippen LogP contribution >= 0.6 is 11.6 Å². The number of unbranched alkanes of at least 4 members (excludes halogenated alkanes) is 1. The molecule has 0 N–H and O–H groups in total. The molecule has 14 heavy (non-hydrogen) atoms. The molecule has 0 bridgehead atoms. The van der Waals surface area contributed by atoms with E-state index in [0.717, 1.165) is 31.4 Å². The van der Waals surface area contributed by atoms with Gasteiger partial charge in [0.2, 0.25) is 0 Å². The molecule has 0 aromatic heterocycles. The van der Waals surface area contributed by atoms with Crippen LogP contribution in [0.5, 0.6) is 0 Å². The second kappa shape index (κ2) is 5.97. The lowest BCUT2D eigenvalue weighted by Crippen LogP contribution is -2.23. The maximum absolute atomic E-state index is 6.03. The highest BCUT2D eigenvalue weighted by Gasteiger charge is 2.40. The summed E-state index contributed by atoms with van der Waals surface area (Å²) in [5.74, 6) is 1.66. The Morgan fingerprint density at radius 3 is 2.57 bits per heavy atom. The van der Waals surface area contributed by atoms with Crippen molar-refractivity contribution in [3.8, 4) is 0 Å². The fourth-order valence-corrected chi connectivity index (χ4v) is 2.17. The van der Waals surface area contributed by atoms with Gasteiger partial charge < -0.3 is 4.74 Å². The van der Waals surface area contributed by atoms with Crippen LogP contribution in [0.1, 0.15) is 46.0 Å². The molecule has 1 saturated carbocycles. The first-order chi connectivity index (χ1) is 6.73. The quantitative estimate of drug-likeness (QED) is 0.444. The highest BCUT2D eigenvalue weighted by molar-refractivity contribution is 6.18. The number of halogens is 1. The molecular weight excluding hydrogens is 196 g/mol. The zero-order chi connectivity index (χ0) is 10.4. The number of alkyl halides is 1. The summed E-state index contributed by atoms with van der Waals surface area (Å²) in [7, 11) is 0. The molecule has 1 nitrogen and oxygen atoms in total. The summed E-state index contributed by atoms with van der Waals surface area (Å²) in [5.41, 5.74) is 0.341. The molecule has 0 radical (unpaired) electrons. The van der Waals surface area contributed by atoms with Gasteiger partial charge in [0.05, 0.1) is 0 Å². The van der Waals surface area contributed by atoms with Crippen LogP contribution in [-0.4, -0.2) is 19.1 Å². The molecule has 2 heteroatoms. The van der Waals surface area contributed by atoms with Crippen LogP contribution in [0.25, 0.3) is 0 Å². The van der Waals surface area contributed by atoms with Crippen LogP contribution in [0.4, 0.5) is 0 Å². The van der Waals surface area contributed by atoms with Gasteiger partial charge in [-0.25, -0.2) is 0 Å². The van der Waals surface area contributed by atoms with Crippen LogP contribution in [0.3, 0.4) is 0 Å². The van der Waals surface area contributed by atoms with Gasteiger partial charge in [0.15, 0.2) is 0 Å². The van der Waals surface area contributed by atoms with E-state index in [-0.39, 0.29) is 0 Å². The van der Waals surface area contributed by atoms with Gasteiger partial charge in [-0.05, 0) is 37.0 Å². The Balaban J connectivity index is 2.08. The summed E-state index contributed by atoms with van der Waals surface area (Å²) in [6.45, 7) is 6.30. The second-order valence-electron chi connectivity index (χ2n) is 4.78. The first-order valence-corrected chi connectivity index (χ1v) is 6.40. The maximum atomic E-state index is 6.03. The predicted octanol–water partition coefficient (Wildman–Crippen LogP) is 3.85. The van der Waals surface area contributed by atoms with Crippen molar-refractivity contribution in [3.05, 3.63) is 0 Å². The first kappa shape index (κ1) is 12.3. The van der Waals surface area contributed by atoms with E-state index in [9.17, 15) is 0 Å². The van der Waals surface area contributed by atoms with Crippen molar-refractivity contribution in [2.24, 2.45) is 11.3 Å². The fourth-order valence-electron chi connectivity index (χ4n) is 1.81. The summed E-state index contributed by atoms with van der Waals surface area (Å²) >= 11 is 6.03. The van der Waals surface area contributed by atoms with Crippen molar-refractivity contribution in [1.82, 2.24) is 0 Å². The van der Waals surface area contributed by atoms with Crippen LogP contribution in [0.2, 0.25) is 0 Å². The van der Waals surface area contributed by atoms with Crippen molar-refractivity contribution in [2.45, 2.75) is 46.0 Å². The Labute approximate surface area is 93.2 Å². The van der Waals surface area contributed by atoms with Gasteiger partial charge in [0, 0.05) is 19.1 Å². The molecule has 1 aliphatic carbocycles. The molecule has 0 aliphatic heterocycles. The zero-order valence-corrected chi connectivity index (χ0v) is 10.3. The molecule has 0 aromatic rings. The lowest BCUT2D eigenvalue weighted by atomic mass is 9.84. The molecule has 0 spiro atoms. The Kier molecular flexibility index (Phi) is 5.25. The van der Waals surface area contributed by atoms with Gasteiger partial charge in [0.1, 0.15) is 0 Å². The highest BCUT2D eigenvalue weighted by atomic mass is 35.5. The third kappa shape index (κ3) is 3.78. The first-order valence-electron chi connectivity index (χ1n) is 5.86. The number of hydrogen-bond acceptors (Lipinski definition) is 1. The van der Waals surface area contributed by atoms with Gasteiger partial charge >= 0.3 is 0 Å². The summed E-state index contributed by atoms with van der Waals surface area (Å²) in [5, 5.41) is 0. The average Bonchev–Trinajstić information content (AvgIpc) is 3.01. The zero-order valence-electron chi connectivity index (χ0n) is 9.52. The molecule has 0 saturated heterocycles. The molecule has 0 amide bonds. The normalized spacial score (nSPS) is 20.8. The lowest BCUT2D eigenvalue weighted by molar-refractivity contribution is 0.0961. The van der Waals surface area contributed by atoms with Crippen molar-refractivity contribution >= 4 is 11.6 Å². The van der Waals surface area contributed by atoms with E-state index < -0.39 is 0 Å². The van der Waals surface area contributed by atoms with Crippen molar-refractivity contribution < 1.29 is 4.74 Å². The maximum Gasteiger partial charge on any atom is 0.0471 e. The molecular formula is C12H23ClO. The van der Waals surface area contributed by atoms with E-state index in [4.69, 9.17) is 16.3 Å². The van der Waals surface area contributed by atoms with E-state index in [1.807, 2.05) is 0 Å². The van der Waals surface area contributed by atoms with Crippen LogP contribution < -0.4 is 0 Å².